The maximum Gasteiger partial charge on any atom is 0.306 e. The van der Waals surface area contributed by atoms with Crippen molar-refractivity contribution >= 4 is 12.3 Å². The van der Waals surface area contributed by atoms with Gasteiger partial charge in [0.05, 0.1) is 5.92 Å². The minimum absolute atomic E-state index is 0.375. The Hall–Kier alpha value is -1.64. The second-order valence-corrected chi connectivity index (χ2v) is 5.95. The third kappa shape index (κ3) is 3.69. The van der Waals surface area contributed by atoms with Crippen LogP contribution in [0.3, 0.4) is 0 Å². The number of carbonyl (C=O) groups is 2. The summed E-state index contributed by atoms with van der Waals surface area (Å²) in [4.78, 5) is 22.8. The van der Waals surface area contributed by atoms with Crippen LogP contribution in [0.4, 0.5) is 0 Å². The van der Waals surface area contributed by atoms with E-state index < -0.39 is 11.9 Å². The molecule has 3 heteroatoms. The molecule has 1 aliphatic rings. The van der Waals surface area contributed by atoms with E-state index in [2.05, 4.69) is 0 Å². The maximum atomic E-state index is 11.5. The Kier molecular flexibility index (Phi) is 4.94. The number of carboxylic acid groups (broad SMARTS) is 1. The van der Waals surface area contributed by atoms with Crippen LogP contribution in [0.15, 0.2) is 30.3 Å². The number of carboxylic acids is 1. The van der Waals surface area contributed by atoms with Crippen molar-refractivity contribution in [3.63, 3.8) is 0 Å². The van der Waals surface area contributed by atoms with Gasteiger partial charge in [-0.3, -0.25) is 4.79 Å². The van der Waals surface area contributed by atoms with Crippen LogP contribution in [0, 0.1) is 11.3 Å². The molecule has 0 spiro atoms. The zero-order valence-electron chi connectivity index (χ0n) is 11.8. The quantitative estimate of drug-likeness (QED) is 0.775. The number of hydrogen-bond donors (Lipinski definition) is 1. The summed E-state index contributed by atoms with van der Waals surface area (Å²) >= 11 is 0. The van der Waals surface area contributed by atoms with E-state index in [4.69, 9.17) is 0 Å². The molecule has 1 aromatic rings. The van der Waals surface area contributed by atoms with Gasteiger partial charge in [-0.25, -0.2) is 0 Å². The third-order valence-electron chi connectivity index (χ3n) is 4.48. The van der Waals surface area contributed by atoms with Gasteiger partial charge in [-0.15, -0.1) is 0 Å². The van der Waals surface area contributed by atoms with Crippen LogP contribution in [0.2, 0.25) is 0 Å². The molecular formula is C17H22O3. The molecule has 0 saturated heterocycles. The fourth-order valence-electron chi connectivity index (χ4n) is 3.24. The van der Waals surface area contributed by atoms with Gasteiger partial charge in [-0.1, -0.05) is 43.2 Å². The molecule has 20 heavy (non-hydrogen) atoms. The molecule has 0 bridgehead atoms. The van der Waals surface area contributed by atoms with Crippen molar-refractivity contribution in [2.75, 3.05) is 0 Å². The maximum absolute atomic E-state index is 11.5. The highest BCUT2D eigenvalue weighted by Crippen LogP contribution is 2.42. The lowest BCUT2D eigenvalue weighted by molar-refractivity contribution is -0.143. The summed E-state index contributed by atoms with van der Waals surface area (Å²) in [6.07, 6.45) is 6.67. The first-order valence-corrected chi connectivity index (χ1v) is 7.38. The van der Waals surface area contributed by atoms with Crippen LogP contribution in [0.1, 0.15) is 44.1 Å². The molecule has 0 unspecified atom stereocenters. The SMILES string of the molecule is O=CC1(C[C@H](CCc2ccccc2)C(=O)O)CCCC1. The summed E-state index contributed by atoms with van der Waals surface area (Å²) in [5.41, 5.74) is 0.782. The van der Waals surface area contributed by atoms with Gasteiger partial charge in [-0.05, 0) is 37.7 Å². The summed E-state index contributed by atoms with van der Waals surface area (Å²) in [7, 11) is 0. The van der Waals surface area contributed by atoms with Crippen molar-refractivity contribution in [3.8, 4) is 0 Å². The molecule has 1 fully saturated rings. The van der Waals surface area contributed by atoms with Gasteiger partial charge in [-0.2, -0.15) is 0 Å². The van der Waals surface area contributed by atoms with Gasteiger partial charge in [0, 0.05) is 5.41 Å². The van der Waals surface area contributed by atoms with Crippen LogP contribution < -0.4 is 0 Å². The molecule has 1 aliphatic carbocycles. The van der Waals surface area contributed by atoms with E-state index in [1.54, 1.807) is 0 Å². The first kappa shape index (κ1) is 14.8. The molecule has 1 atom stereocenters. The Morgan fingerprint density at radius 3 is 2.45 bits per heavy atom. The van der Waals surface area contributed by atoms with Crippen molar-refractivity contribution in [2.45, 2.75) is 44.9 Å². The molecule has 2 rings (SSSR count). The van der Waals surface area contributed by atoms with Crippen molar-refractivity contribution in [1.82, 2.24) is 0 Å². The number of aliphatic carboxylic acids is 1. The predicted octanol–water partition coefficient (Wildman–Crippen LogP) is 3.47. The van der Waals surface area contributed by atoms with Gasteiger partial charge in [0.25, 0.3) is 0 Å². The number of aryl methyl sites for hydroxylation is 1. The van der Waals surface area contributed by atoms with E-state index in [-0.39, 0.29) is 5.41 Å². The summed E-state index contributed by atoms with van der Waals surface area (Å²) in [6.45, 7) is 0. The van der Waals surface area contributed by atoms with Gasteiger partial charge in [0.15, 0.2) is 0 Å². The second kappa shape index (κ2) is 6.69. The zero-order valence-corrected chi connectivity index (χ0v) is 11.8. The van der Waals surface area contributed by atoms with Gasteiger partial charge >= 0.3 is 5.97 Å². The van der Waals surface area contributed by atoms with E-state index in [1.807, 2.05) is 30.3 Å². The highest BCUT2D eigenvalue weighted by molar-refractivity contribution is 5.71. The van der Waals surface area contributed by atoms with E-state index in [9.17, 15) is 14.7 Å². The first-order valence-electron chi connectivity index (χ1n) is 7.38. The molecule has 1 saturated carbocycles. The summed E-state index contributed by atoms with van der Waals surface area (Å²) < 4.78 is 0. The summed E-state index contributed by atoms with van der Waals surface area (Å²) in [5.74, 6) is -1.19. The zero-order chi connectivity index (χ0) is 14.4. The highest BCUT2D eigenvalue weighted by atomic mass is 16.4. The van der Waals surface area contributed by atoms with Crippen molar-refractivity contribution in [3.05, 3.63) is 35.9 Å². The average Bonchev–Trinajstić information content (AvgIpc) is 2.93. The topological polar surface area (TPSA) is 54.4 Å². The standard InChI is InChI=1S/C17H22O3/c18-13-17(10-4-5-11-17)12-15(16(19)20)9-8-14-6-2-1-3-7-14/h1-3,6-7,13,15H,4-5,8-12H2,(H,19,20)/t15-/m0/s1. The normalized spacial score (nSPS) is 18.6. The lowest BCUT2D eigenvalue weighted by atomic mass is 9.77. The number of rotatable bonds is 7. The van der Waals surface area contributed by atoms with Gasteiger partial charge < -0.3 is 9.90 Å². The van der Waals surface area contributed by atoms with Crippen LogP contribution in [0.5, 0.6) is 0 Å². The third-order valence-corrected chi connectivity index (χ3v) is 4.48. The fraction of sp³-hybridized carbons (Fsp3) is 0.529. The van der Waals surface area contributed by atoms with Gasteiger partial charge in [0.2, 0.25) is 0 Å². The molecule has 0 aliphatic heterocycles. The smallest absolute Gasteiger partial charge is 0.306 e. The number of benzene rings is 1. The second-order valence-electron chi connectivity index (χ2n) is 5.95. The number of carbonyl (C=O) groups excluding carboxylic acids is 1. The molecule has 0 heterocycles. The molecule has 108 valence electrons. The van der Waals surface area contributed by atoms with E-state index >= 15 is 0 Å². The fourth-order valence-corrected chi connectivity index (χ4v) is 3.24. The van der Waals surface area contributed by atoms with Crippen LogP contribution in [0.25, 0.3) is 0 Å². The first-order chi connectivity index (χ1) is 9.65. The molecule has 1 N–H and O–H groups in total. The molecule has 0 radical (unpaired) electrons. The average molecular weight is 274 g/mol. The summed E-state index contributed by atoms with van der Waals surface area (Å²) in [6, 6.07) is 9.93. The molecule has 0 aromatic heterocycles. The minimum Gasteiger partial charge on any atom is -0.481 e. The molecule has 0 amide bonds. The minimum atomic E-state index is -0.769. The van der Waals surface area contributed by atoms with E-state index in [0.29, 0.717) is 12.8 Å². The summed E-state index contributed by atoms with van der Waals surface area (Å²) in [5, 5.41) is 9.41. The number of hydrogen-bond acceptors (Lipinski definition) is 2. The van der Waals surface area contributed by atoms with E-state index in [1.165, 1.54) is 0 Å². The van der Waals surface area contributed by atoms with Crippen molar-refractivity contribution < 1.29 is 14.7 Å². The van der Waals surface area contributed by atoms with Crippen LogP contribution >= 0.6 is 0 Å². The molecular weight excluding hydrogens is 252 g/mol. The van der Waals surface area contributed by atoms with Crippen molar-refractivity contribution in [2.24, 2.45) is 11.3 Å². The lowest BCUT2D eigenvalue weighted by Crippen LogP contribution is -2.27. The molecule has 3 nitrogen and oxygen atoms in total. The van der Waals surface area contributed by atoms with Crippen molar-refractivity contribution in [1.29, 1.82) is 0 Å². The highest BCUT2D eigenvalue weighted by Gasteiger charge is 2.37. The lowest BCUT2D eigenvalue weighted by Gasteiger charge is -2.25. The van der Waals surface area contributed by atoms with E-state index in [0.717, 1.165) is 44.0 Å². The predicted molar refractivity (Wildman–Crippen MR) is 77.5 cm³/mol. The Bertz CT molecular complexity index is 447. The Balaban J connectivity index is 1.97. The largest absolute Gasteiger partial charge is 0.481 e. The number of aldehydes is 1. The Labute approximate surface area is 120 Å². The Morgan fingerprint density at radius 1 is 1.25 bits per heavy atom. The molecule has 1 aromatic carbocycles. The monoisotopic (exact) mass is 274 g/mol. The van der Waals surface area contributed by atoms with Crippen LogP contribution in [-0.4, -0.2) is 17.4 Å². The Morgan fingerprint density at radius 2 is 1.90 bits per heavy atom. The van der Waals surface area contributed by atoms with Gasteiger partial charge in [0.1, 0.15) is 6.29 Å². The van der Waals surface area contributed by atoms with Crippen LogP contribution in [-0.2, 0) is 16.0 Å².